The van der Waals surface area contributed by atoms with Crippen molar-refractivity contribution in [1.82, 2.24) is 4.72 Å². The number of halogens is 1. The van der Waals surface area contributed by atoms with Gasteiger partial charge in [0.1, 0.15) is 0 Å². The molecule has 4 nitrogen and oxygen atoms in total. The summed E-state index contributed by atoms with van der Waals surface area (Å²) in [6.45, 7) is 2.06. The number of nitrogens with one attached hydrogen (secondary N) is 1. The lowest BCUT2D eigenvalue weighted by molar-refractivity contribution is 0.281. The fourth-order valence-electron chi connectivity index (χ4n) is 2.85. The lowest BCUT2D eigenvalue weighted by Crippen LogP contribution is -2.26. The molecule has 1 aliphatic carbocycles. The van der Waals surface area contributed by atoms with Gasteiger partial charge < -0.3 is 5.11 Å². The van der Waals surface area contributed by atoms with Gasteiger partial charge in [-0.25, -0.2) is 13.1 Å². The Morgan fingerprint density at radius 1 is 1.33 bits per heavy atom. The van der Waals surface area contributed by atoms with Crippen molar-refractivity contribution in [3.63, 3.8) is 0 Å². The molecule has 0 atom stereocenters. The van der Waals surface area contributed by atoms with E-state index in [-0.39, 0.29) is 11.5 Å². The summed E-state index contributed by atoms with van der Waals surface area (Å²) in [5, 5.41) is 9.23. The number of aliphatic hydroxyl groups is 1. The minimum Gasteiger partial charge on any atom is -0.392 e. The normalized spacial score (nSPS) is 16.5. The molecule has 0 aliphatic heterocycles. The fourth-order valence-corrected chi connectivity index (χ4v) is 4.85. The van der Waals surface area contributed by atoms with Crippen LogP contribution < -0.4 is 4.72 Å². The van der Waals surface area contributed by atoms with Crippen LogP contribution in [0.5, 0.6) is 0 Å². The van der Waals surface area contributed by atoms with Gasteiger partial charge in [-0.2, -0.15) is 0 Å². The third-order valence-electron chi connectivity index (χ3n) is 4.15. The summed E-state index contributed by atoms with van der Waals surface area (Å²) < 4.78 is 28.3. The van der Waals surface area contributed by atoms with Gasteiger partial charge in [0.2, 0.25) is 10.0 Å². The van der Waals surface area contributed by atoms with Crippen LogP contribution in [0, 0.1) is 12.8 Å². The molecule has 0 unspecified atom stereocenters. The van der Waals surface area contributed by atoms with Crippen molar-refractivity contribution in [2.75, 3.05) is 6.54 Å². The minimum absolute atomic E-state index is 0.177. The van der Waals surface area contributed by atoms with E-state index in [4.69, 9.17) is 0 Å². The average Bonchev–Trinajstić information content (AvgIpc) is 2.94. The lowest BCUT2D eigenvalue weighted by Gasteiger charge is -2.14. The summed E-state index contributed by atoms with van der Waals surface area (Å²) in [5.41, 5.74) is 1.25. The third kappa shape index (κ3) is 4.28. The van der Waals surface area contributed by atoms with Crippen LogP contribution in [0.3, 0.4) is 0 Å². The first-order chi connectivity index (χ1) is 9.94. The van der Waals surface area contributed by atoms with Gasteiger partial charge in [-0.3, -0.25) is 0 Å². The van der Waals surface area contributed by atoms with Gasteiger partial charge in [-0.15, -0.1) is 0 Å². The largest absolute Gasteiger partial charge is 0.392 e. The summed E-state index contributed by atoms with van der Waals surface area (Å²) in [6, 6.07) is 3.28. The van der Waals surface area contributed by atoms with E-state index < -0.39 is 10.0 Å². The zero-order valence-electron chi connectivity index (χ0n) is 12.2. The predicted octanol–water partition coefficient (Wildman–Crippen LogP) is 3.11. The Kier molecular flexibility index (Phi) is 5.82. The van der Waals surface area contributed by atoms with Crippen LogP contribution in [0.25, 0.3) is 0 Å². The van der Waals surface area contributed by atoms with Crippen LogP contribution in [0.1, 0.15) is 43.2 Å². The van der Waals surface area contributed by atoms with Crippen LogP contribution >= 0.6 is 15.9 Å². The quantitative estimate of drug-likeness (QED) is 0.802. The monoisotopic (exact) mass is 375 g/mol. The molecular formula is C15H22BrNO3S. The Bertz CT molecular complexity index is 595. The number of hydrogen-bond donors (Lipinski definition) is 2. The molecule has 118 valence electrons. The second-order valence-electron chi connectivity index (χ2n) is 5.70. The predicted molar refractivity (Wildman–Crippen MR) is 86.6 cm³/mol. The highest BCUT2D eigenvalue weighted by Crippen LogP contribution is 2.28. The van der Waals surface area contributed by atoms with Gasteiger partial charge >= 0.3 is 0 Å². The van der Waals surface area contributed by atoms with Crippen LogP contribution in [-0.2, 0) is 16.6 Å². The summed E-state index contributed by atoms with van der Waals surface area (Å²) in [7, 11) is -3.53. The fraction of sp³-hybridized carbons (Fsp3) is 0.600. The zero-order valence-corrected chi connectivity index (χ0v) is 14.6. The molecular weight excluding hydrogens is 354 g/mol. The Morgan fingerprint density at radius 2 is 2.00 bits per heavy atom. The van der Waals surface area contributed by atoms with Crippen LogP contribution in [0.2, 0.25) is 0 Å². The minimum atomic E-state index is -3.53. The molecule has 1 aliphatic rings. The molecule has 0 spiro atoms. The van der Waals surface area contributed by atoms with Crippen molar-refractivity contribution in [3.8, 4) is 0 Å². The molecule has 1 fully saturated rings. The van der Waals surface area contributed by atoms with Gasteiger partial charge in [0.05, 0.1) is 11.5 Å². The Hall–Kier alpha value is -0.430. The maximum atomic E-state index is 12.4. The van der Waals surface area contributed by atoms with Gasteiger partial charge in [0.15, 0.2) is 0 Å². The van der Waals surface area contributed by atoms with Crippen molar-refractivity contribution in [3.05, 3.63) is 27.7 Å². The number of benzene rings is 1. The summed E-state index contributed by atoms with van der Waals surface area (Å²) >= 11 is 3.35. The second kappa shape index (κ2) is 7.22. The Morgan fingerprint density at radius 3 is 2.62 bits per heavy atom. The molecule has 1 aromatic rings. The van der Waals surface area contributed by atoms with Crippen LogP contribution in [-0.4, -0.2) is 20.1 Å². The Balaban J connectivity index is 2.09. The highest BCUT2D eigenvalue weighted by Gasteiger charge is 2.20. The second-order valence-corrected chi connectivity index (χ2v) is 8.29. The number of aliphatic hydroxyl groups excluding tert-OH is 1. The van der Waals surface area contributed by atoms with Crippen molar-refractivity contribution >= 4 is 26.0 Å². The topological polar surface area (TPSA) is 66.4 Å². The highest BCUT2D eigenvalue weighted by atomic mass is 79.9. The van der Waals surface area contributed by atoms with E-state index >= 15 is 0 Å². The standard InChI is InChI=1S/C15H22BrNO3S/c1-11-14(16)8-13(10-18)9-15(11)21(19,20)17-7-6-12-4-2-3-5-12/h8-9,12,17-18H,2-7,10H2,1H3. The lowest BCUT2D eigenvalue weighted by atomic mass is 10.1. The molecule has 0 saturated heterocycles. The van der Waals surface area contributed by atoms with E-state index in [0.29, 0.717) is 28.1 Å². The van der Waals surface area contributed by atoms with Crippen LogP contribution in [0.4, 0.5) is 0 Å². The van der Waals surface area contributed by atoms with E-state index in [9.17, 15) is 13.5 Å². The average molecular weight is 376 g/mol. The first-order valence-corrected chi connectivity index (χ1v) is 9.61. The van der Waals surface area contributed by atoms with E-state index in [1.54, 1.807) is 13.0 Å². The molecule has 0 bridgehead atoms. The molecule has 6 heteroatoms. The highest BCUT2D eigenvalue weighted by molar-refractivity contribution is 9.10. The first kappa shape index (κ1) is 16.9. The van der Waals surface area contributed by atoms with Gasteiger partial charge in [0, 0.05) is 11.0 Å². The smallest absolute Gasteiger partial charge is 0.240 e. The molecule has 0 amide bonds. The summed E-state index contributed by atoms with van der Waals surface area (Å²) in [6.07, 6.45) is 5.86. The number of rotatable bonds is 6. The van der Waals surface area contributed by atoms with Crippen LogP contribution in [0.15, 0.2) is 21.5 Å². The van der Waals surface area contributed by atoms with E-state index in [0.717, 1.165) is 6.42 Å². The SMILES string of the molecule is Cc1c(Br)cc(CO)cc1S(=O)(=O)NCCC1CCCC1. The van der Waals surface area contributed by atoms with Crippen molar-refractivity contribution < 1.29 is 13.5 Å². The maximum absolute atomic E-state index is 12.4. The molecule has 0 heterocycles. The molecule has 0 aromatic heterocycles. The maximum Gasteiger partial charge on any atom is 0.240 e. The Labute approximate surface area is 135 Å². The van der Waals surface area contributed by atoms with Crippen molar-refractivity contribution in [2.24, 2.45) is 5.92 Å². The molecule has 0 radical (unpaired) electrons. The number of sulfonamides is 1. The van der Waals surface area contributed by atoms with Crippen molar-refractivity contribution in [1.29, 1.82) is 0 Å². The summed E-state index contributed by atoms with van der Waals surface area (Å²) in [5.74, 6) is 0.657. The third-order valence-corrected chi connectivity index (χ3v) is 6.56. The summed E-state index contributed by atoms with van der Waals surface area (Å²) in [4.78, 5) is 0.243. The molecule has 21 heavy (non-hydrogen) atoms. The number of hydrogen-bond acceptors (Lipinski definition) is 3. The first-order valence-electron chi connectivity index (χ1n) is 7.33. The van der Waals surface area contributed by atoms with E-state index in [2.05, 4.69) is 20.7 Å². The molecule has 1 saturated carbocycles. The van der Waals surface area contributed by atoms with Gasteiger partial charge in [-0.05, 0) is 42.5 Å². The van der Waals surface area contributed by atoms with Gasteiger partial charge in [0.25, 0.3) is 0 Å². The zero-order chi connectivity index (χ0) is 15.5. The van der Waals surface area contributed by atoms with Crippen molar-refractivity contribution in [2.45, 2.75) is 50.5 Å². The molecule has 2 rings (SSSR count). The van der Waals surface area contributed by atoms with Gasteiger partial charge in [-0.1, -0.05) is 41.6 Å². The molecule has 1 aromatic carbocycles. The van der Waals surface area contributed by atoms with E-state index in [1.165, 1.54) is 31.7 Å². The van der Waals surface area contributed by atoms with E-state index in [1.807, 2.05) is 0 Å². The molecule has 2 N–H and O–H groups in total.